The van der Waals surface area contributed by atoms with E-state index in [0.29, 0.717) is 12.2 Å². The second-order valence-corrected chi connectivity index (χ2v) is 5.44. The van der Waals surface area contributed by atoms with Gasteiger partial charge in [-0.3, -0.25) is 10.1 Å². The maximum Gasteiger partial charge on any atom is 0.269 e. The first-order valence-electron chi connectivity index (χ1n) is 6.46. The van der Waals surface area contributed by atoms with Gasteiger partial charge in [-0.1, -0.05) is 34.5 Å². The van der Waals surface area contributed by atoms with Crippen LogP contribution in [0.3, 0.4) is 0 Å². The van der Waals surface area contributed by atoms with E-state index in [1.165, 1.54) is 28.3 Å². The molecule has 0 aliphatic carbocycles. The number of nitrogens with zero attached hydrogens (tertiary/aromatic N) is 5. The maximum absolute atomic E-state index is 10.6. The van der Waals surface area contributed by atoms with Crippen molar-refractivity contribution in [3.63, 3.8) is 0 Å². The molecule has 3 aromatic rings. The fourth-order valence-corrected chi connectivity index (χ4v) is 2.51. The van der Waals surface area contributed by atoms with Gasteiger partial charge in [0.05, 0.1) is 4.92 Å². The van der Waals surface area contributed by atoms with Crippen LogP contribution in [0.15, 0.2) is 59.5 Å². The molecule has 2 aromatic carbocycles. The van der Waals surface area contributed by atoms with Crippen molar-refractivity contribution in [1.82, 2.24) is 19.6 Å². The summed E-state index contributed by atoms with van der Waals surface area (Å²) in [6, 6.07) is 16.1. The number of rotatable bonds is 5. The lowest BCUT2D eigenvalue weighted by atomic mass is 10.1. The summed E-state index contributed by atoms with van der Waals surface area (Å²) in [4.78, 5) is 11.2. The fraction of sp³-hybridized carbons (Fsp3) is 0.0714. The fourth-order valence-electron chi connectivity index (χ4n) is 1.83. The third-order valence-corrected chi connectivity index (χ3v) is 3.68. The Morgan fingerprint density at radius 2 is 1.82 bits per heavy atom. The van der Waals surface area contributed by atoms with Crippen LogP contribution in [0, 0.1) is 10.1 Å². The van der Waals surface area contributed by atoms with Gasteiger partial charge < -0.3 is 0 Å². The average Bonchev–Trinajstić information content (AvgIpc) is 2.96. The molecule has 0 saturated carbocycles. The Bertz CT molecular complexity index is 773. The Kier molecular flexibility index (Phi) is 4.10. The van der Waals surface area contributed by atoms with E-state index in [1.54, 1.807) is 12.1 Å². The highest BCUT2D eigenvalue weighted by Crippen LogP contribution is 2.18. The molecule has 0 fully saturated rings. The minimum atomic E-state index is -0.422. The third-order valence-electron chi connectivity index (χ3n) is 2.88. The number of tetrazole rings is 1. The molecule has 110 valence electrons. The van der Waals surface area contributed by atoms with Gasteiger partial charge in [0.25, 0.3) is 5.69 Å². The highest BCUT2D eigenvalue weighted by molar-refractivity contribution is 7.97. The van der Waals surface area contributed by atoms with Gasteiger partial charge in [0.15, 0.2) is 5.82 Å². The predicted octanol–water partition coefficient (Wildman–Crippen LogP) is 2.73. The number of non-ortho nitro benzene ring substituents is 1. The van der Waals surface area contributed by atoms with Gasteiger partial charge >= 0.3 is 0 Å². The van der Waals surface area contributed by atoms with E-state index >= 15 is 0 Å². The quantitative estimate of drug-likeness (QED) is 0.531. The molecule has 0 amide bonds. The van der Waals surface area contributed by atoms with Gasteiger partial charge in [-0.15, -0.1) is 10.2 Å². The van der Waals surface area contributed by atoms with Gasteiger partial charge in [0, 0.05) is 35.4 Å². The topological polar surface area (TPSA) is 86.7 Å². The molecular formula is C14H11N5O2S. The summed E-state index contributed by atoms with van der Waals surface area (Å²) in [7, 11) is 0. The highest BCUT2D eigenvalue weighted by Gasteiger charge is 2.08. The molecule has 7 nitrogen and oxygen atoms in total. The van der Waals surface area contributed by atoms with Crippen molar-refractivity contribution in [2.45, 2.75) is 11.3 Å². The normalized spacial score (nSPS) is 10.5. The van der Waals surface area contributed by atoms with Crippen molar-refractivity contribution in [1.29, 1.82) is 0 Å². The van der Waals surface area contributed by atoms with Crippen LogP contribution in [0.5, 0.6) is 0 Å². The summed E-state index contributed by atoms with van der Waals surface area (Å²) < 4.78 is 1.45. The van der Waals surface area contributed by atoms with E-state index in [9.17, 15) is 10.1 Å². The zero-order chi connectivity index (χ0) is 15.4. The lowest BCUT2D eigenvalue weighted by Gasteiger charge is -1.97. The van der Waals surface area contributed by atoms with E-state index in [0.717, 1.165) is 10.5 Å². The van der Waals surface area contributed by atoms with Crippen LogP contribution < -0.4 is 0 Å². The monoisotopic (exact) mass is 313 g/mol. The Morgan fingerprint density at radius 1 is 1.09 bits per heavy atom. The number of benzene rings is 2. The predicted molar refractivity (Wildman–Crippen MR) is 81.4 cm³/mol. The van der Waals surface area contributed by atoms with E-state index in [1.807, 2.05) is 30.3 Å². The first kappa shape index (κ1) is 14.2. The molecule has 22 heavy (non-hydrogen) atoms. The van der Waals surface area contributed by atoms with Crippen molar-refractivity contribution >= 4 is 17.6 Å². The number of hydrogen-bond acceptors (Lipinski definition) is 6. The summed E-state index contributed by atoms with van der Waals surface area (Å²) in [6.07, 6.45) is 0.480. The molecule has 0 aliphatic heterocycles. The van der Waals surface area contributed by atoms with Crippen LogP contribution in [0.25, 0.3) is 0 Å². The molecular weight excluding hydrogens is 302 g/mol. The van der Waals surface area contributed by atoms with Crippen molar-refractivity contribution in [3.05, 3.63) is 76.1 Å². The minimum absolute atomic E-state index is 0.0694. The first-order chi connectivity index (χ1) is 10.7. The Balaban J connectivity index is 1.67. The molecule has 0 atom stereocenters. The van der Waals surface area contributed by atoms with Crippen LogP contribution in [0.1, 0.15) is 11.4 Å². The molecule has 1 aromatic heterocycles. The van der Waals surface area contributed by atoms with E-state index < -0.39 is 4.92 Å². The van der Waals surface area contributed by atoms with Crippen LogP contribution in [0.4, 0.5) is 5.69 Å². The lowest BCUT2D eigenvalue weighted by molar-refractivity contribution is -0.384. The summed E-state index contributed by atoms with van der Waals surface area (Å²) in [5, 5.41) is 22.9. The van der Waals surface area contributed by atoms with Crippen molar-refractivity contribution in [3.8, 4) is 0 Å². The molecule has 0 saturated heterocycles. The van der Waals surface area contributed by atoms with Crippen LogP contribution >= 0.6 is 11.9 Å². The van der Waals surface area contributed by atoms with E-state index in [4.69, 9.17) is 0 Å². The molecule has 1 heterocycles. The molecule has 0 bridgehead atoms. The van der Waals surface area contributed by atoms with Crippen molar-refractivity contribution in [2.75, 3.05) is 0 Å². The summed E-state index contributed by atoms with van der Waals surface area (Å²) in [6.45, 7) is 0. The smallest absolute Gasteiger partial charge is 0.258 e. The zero-order valence-electron chi connectivity index (χ0n) is 11.4. The van der Waals surface area contributed by atoms with Gasteiger partial charge in [0.2, 0.25) is 0 Å². The lowest BCUT2D eigenvalue weighted by Crippen LogP contribution is -1.94. The highest BCUT2D eigenvalue weighted by atomic mass is 32.2. The summed E-state index contributed by atoms with van der Waals surface area (Å²) >= 11 is 1.37. The number of nitro benzene ring substituents is 1. The molecule has 0 aliphatic rings. The Labute approximate surface area is 130 Å². The van der Waals surface area contributed by atoms with Gasteiger partial charge in [-0.2, -0.15) is 0 Å². The zero-order valence-corrected chi connectivity index (χ0v) is 12.2. The summed E-state index contributed by atoms with van der Waals surface area (Å²) in [5.41, 5.74) is 0.967. The van der Waals surface area contributed by atoms with Gasteiger partial charge in [0.1, 0.15) is 0 Å². The van der Waals surface area contributed by atoms with Gasteiger partial charge in [-0.05, 0) is 22.9 Å². The van der Waals surface area contributed by atoms with E-state index in [2.05, 4.69) is 15.4 Å². The Morgan fingerprint density at radius 3 is 2.50 bits per heavy atom. The van der Waals surface area contributed by atoms with Gasteiger partial charge in [-0.25, -0.2) is 0 Å². The standard InChI is InChI=1S/C14H11N5O2S/c20-18(21)12-8-6-11(7-9-12)10-14-15-17-19(16-14)22-13-4-2-1-3-5-13/h1-9H,10H2. The molecule has 3 rings (SSSR count). The Hall–Kier alpha value is -2.74. The third kappa shape index (κ3) is 3.47. The largest absolute Gasteiger partial charge is 0.269 e. The van der Waals surface area contributed by atoms with Crippen LogP contribution in [0.2, 0.25) is 0 Å². The second-order valence-electron chi connectivity index (χ2n) is 4.46. The molecule has 0 unspecified atom stereocenters. The van der Waals surface area contributed by atoms with E-state index in [-0.39, 0.29) is 5.69 Å². The average molecular weight is 313 g/mol. The number of aromatic nitrogens is 4. The molecule has 0 N–H and O–H groups in total. The summed E-state index contributed by atoms with van der Waals surface area (Å²) in [5.74, 6) is 0.567. The second kappa shape index (κ2) is 6.35. The SMILES string of the molecule is O=[N+]([O-])c1ccc(Cc2nnn(Sc3ccccc3)n2)cc1. The molecule has 0 radical (unpaired) electrons. The first-order valence-corrected chi connectivity index (χ1v) is 7.24. The van der Waals surface area contributed by atoms with Crippen LogP contribution in [-0.2, 0) is 6.42 Å². The minimum Gasteiger partial charge on any atom is -0.258 e. The van der Waals surface area contributed by atoms with Crippen molar-refractivity contribution < 1.29 is 4.92 Å². The van der Waals surface area contributed by atoms with Crippen LogP contribution in [-0.4, -0.2) is 24.5 Å². The number of hydrogen-bond donors (Lipinski definition) is 0. The van der Waals surface area contributed by atoms with Crippen molar-refractivity contribution in [2.24, 2.45) is 0 Å². The maximum atomic E-state index is 10.6. The molecule has 8 heteroatoms. The molecule has 0 spiro atoms. The number of nitro groups is 1.